The molecule has 2 aromatic rings. The first-order valence-corrected chi connectivity index (χ1v) is 9.10. The highest BCUT2D eigenvalue weighted by molar-refractivity contribution is 6.31. The Labute approximate surface area is 171 Å². The Bertz CT molecular complexity index is 961. The van der Waals surface area contributed by atoms with Crippen LogP contribution in [-0.4, -0.2) is 36.6 Å². The Morgan fingerprint density at radius 3 is 2.62 bits per heavy atom. The van der Waals surface area contributed by atoms with Gasteiger partial charge in [0.15, 0.2) is 6.61 Å². The molecule has 0 atom stereocenters. The molecule has 0 aliphatic heterocycles. The Hall–Kier alpha value is -3.33. The molecule has 0 unspecified atom stereocenters. The second-order valence-corrected chi connectivity index (χ2v) is 6.81. The number of rotatable bonds is 8. The van der Waals surface area contributed by atoms with E-state index in [1.807, 2.05) is 0 Å². The van der Waals surface area contributed by atoms with Gasteiger partial charge in [-0.25, -0.2) is 4.79 Å². The van der Waals surface area contributed by atoms with Crippen LogP contribution in [0.25, 0.3) is 0 Å². The summed E-state index contributed by atoms with van der Waals surface area (Å²) in [6, 6.07) is 8.91. The van der Waals surface area contributed by atoms with Crippen LogP contribution in [0.4, 0.5) is 17.1 Å². The van der Waals surface area contributed by atoms with E-state index in [0.717, 1.165) is 18.9 Å². The van der Waals surface area contributed by atoms with Crippen molar-refractivity contribution in [3.05, 3.63) is 57.1 Å². The van der Waals surface area contributed by atoms with Crippen molar-refractivity contribution in [3.63, 3.8) is 0 Å². The zero-order valence-electron chi connectivity index (χ0n) is 15.4. The van der Waals surface area contributed by atoms with E-state index in [4.69, 9.17) is 21.1 Å². The summed E-state index contributed by atoms with van der Waals surface area (Å²) in [6.45, 7) is -0.579. The van der Waals surface area contributed by atoms with Crippen LogP contribution in [-0.2, 0) is 9.53 Å². The first kappa shape index (κ1) is 20.4. The number of nitro benzene ring substituents is 1. The minimum Gasteiger partial charge on any atom is -0.495 e. The fourth-order valence-corrected chi connectivity index (χ4v) is 2.73. The number of nitro groups is 1. The maximum absolute atomic E-state index is 12.2. The number of carbonyl (C=O) groups excluding carboxylic acids is 2. The van der Waals surface area contributed by atoms with Crippen molar-refractivity contribution < 1.29 is 24.0 Å². The molecule has 2 aromatic carbocycles. The van der Waals surface area contributed by atoms with Crippen LogP contribution in [0.15, 0.2) is 36.4 Å². The summed E-state index contributed by atoms with van der Waals surface area (Å²) in [6.07, 6.45) is 1.90. The molecule has 0 aromatic heterocycles. The third-order valence-corrected chi connectivity index (χ3v) is 4.37. The Balaban J connectivity index is 1.63. The summed E-state index contributed by atoms with van der Waals surface area (Å²) in [5.74, 6) is -1.07. The molecule has 0 bridgehead atoms. The van der Waals surface area contributed by atoms with E-state index in [9.17, 15) is 19.7 Å². The topological polar surface area (TPSA) is 120 Å². The maximum Gasteiger partial charge on any atom is 0.338 e. The van der Waals surface area contributed by atoms with Crippen molar-refractivity contribution >= 4 is 40.5 Å². The van der Waals surface area contributed by atoms with Gasteiger partial charge in [-0.1, -0.05) is 11.6 Å². The quantitative estimate of drug-likeness (QED) is 0.381. The predicted molar refractivity (Wildman–Crippen MR) is 107 cm³/mol. The maximum atomic E-state index is 12.2. The molecule has 9 nitrogen and oxygen atoms in total. The molecule has 3 rings (SSSR count). The lowest BCUT2D eigenvalue weighted by Crippen LogP contribution is -2.21. The summed E-state index contributed by atoms with van der Waals surface area (Å²) in [4.78, 5) is 35.0. The van der Waals surface area contributed by atoms with Crippen molar-refractivity contribution in [2.45, 2.75) is 18.9 Å². The summed E-state index contributed by atoms with van der Waals surface area (Å²) in [5, 5.41) is 17.3. The molecule has 0 spiro atoms. The SMILES string of the molecule is COc1ccc(Cl)cc1NC(=O)COC(=O)c1ccc(NC2CC2)c([N+](=O)[O-])c1. The van der Waals surface area contributed by atoms with Crippen LogP contribution in [0.1, 0.15) is 23.2 Å². The Morgan fingerprint density at radius 2 is 1.97 bits per heavy atom. The molecule has 0 saturated heterocycles. The molecule has 1 aliphatic rings. The van der Waals surface area contributed by atoms with Gasteiger partial charge in [-0.05, 0) is 43.2 Å². The normalized spacial score (nSPS) is 12.8. The number of benzene rings is 2. The molecule has 152 valence electrons. The van der Waals surface area contributed by atoms with E-state index >= 15 is 0 Å². The van der Waals surface area contributed by atoms with Gasteiger partial charge in [0.05, 0.1) is 23.3 Å². The van der Waals surface area contributed by atoms with Crippen molar-refractivity contribution in [2.24, 2.45) is 0 Å². The van der Waals surface area contributed by atoms with Gasteiger partial charge < -0.3 is 20.1 Å². The fraction of sp³-hybridized carbons (Fsp3) is 0.263. The van der Waals surface area contributed by atoms with E-state index in [2.05, 4.69) is 10.6 Å². The van der Waals surface area contributed by atoms with Crippen LogP contribution < -0.4 is 15.4 Å². The van der Waals surface area contributed by atoms with Crippen molar-refractivity contribution in [1.82, 2.24) is 0 Å². The van der Waals surface area contributed by atoms with E-state index in [1.165, 1.54) is 25.3 Å². The van der Waals surface area contributed by atoms with Crippen LogP contribution in [0.5, 0.6) is 5.75 Å². The molecular weight excluding hydrogens is 402 g/mol. The number of nitrogens with one attached hydrogen (secondary N) is 2. The molecule has 2 N–H and O–H groups in total. The average Bonchev–Trinajstić information content (AvgIpc) is 3.50. The van der Waals surface area contributed by atoms with E-state index in [1.54, 1.807) is 12.1 Å². The minimum absolute atomic E-state index is 0.0221. The molecule has 0 radical (unpaired) electrons. The van der Waals surface area contributed by atoms with Crippen molar-refractivity contribution in [1.29, 1.82) is 0 Å². The second-order valence-electron chi connectivity index (χ2n) is 6.38. The molecule has 1 aliphatic carbocycles. The molecule has 1 saturated carbocycles. The smallest absolute Gasteiger partial charge is 0.338 e. The van der Waals surface area contributed by atoms with Crippen molar-refractivity contribution in [2.75, 3.05) is 24.4 Å². The summed E-state index contributed by atoms with van der Waals surface area (Å²) in [5.41, 5.74) is 0.428. The Kier molecular flexibility index (Phi) is 6.18. The summed E-state index contributed by atoms with van der Waals surface area (Å²) >= 11 is 5.90. The summed E-state index contributed by atoms with van der Waals surface area (Å²) in [7, 11) is 1.44. The first-order chi connectivity index (χ1) is 13.9. The lowest BCUT2D eigenvalue weighted by Gasteiger charge is -2.11. The molecule has 1 fully saturated rings. The second kappa shape index (κ2) is 8.78. The van der Waals surface area contributed by atoms with Gasteiger partial charge >= 0.3 is 5.97 Å². The highest BCUT2D eigenvalue weighted by Crippen LogP contribution is 2.32. The number of esters is 1. The number of anilines is 2. The predicted octanol–water partition coefficient (Wildman–Crippen LogP) is 3.63. The lowest BCUT2D eigenvalue weighted by atomic mass is 10.1. The minimum atomic E-state index is -0.848. The largest absolute Gasteiger partial charge is 0.495 e. The number of nitrogens with zero attached hydrogens (tertiary/aromatic N) is 1. The average molecular weight is 420 g/mol. The zero-order chi connectivity index (χ0) is 21.0. The number of amides is 1. The highest BCUT2D eigenvalue weighted by Gasteiger charge is 2.26. The number of halogens is 1. The molecule has 0 heterocycles. The van der Waals surface area contributed by atoms with Gasteiger partial charge in [0.25, 0.3) is 11.6 Å². The number of hydrogen-bond donors (Lipinski definition) is 2. The molecular formula is C19H18ClN3O6. The van der Waals surface area contributed by atoms with Gasteiger partial charge in [0.2, 0.25) is 0 Å². The van der Waals surface area contributed by atoms with Crippen LogP contribution in [0, 0.1) is 10.1 Å². The highest BCUT2D eigenvalue weighted by atomic mass is 35.5. The molecule has 29 heavy (non-hydrogen) atoms. The van der Waals surface area contributed by atoms with E-state index in [-0.39, 0.29) is 17.3 Å². The summed E-state index contributed by atoms with van der Waals surface area (Å²) < 4.78 is 10.1. The van der Waals surface area contributed by atoms with Gasteiger partial charge in [-0.15, -0.1) is 0 Å². The fourth-order valence-electron chi connectivity index (χ4n) is 2.56. The van der Waals surface area contributed by atoms with Crippen LogP contribution >= 0.6 is 11.6 Å². The van der Waals surface area contributed by atoms with E-state index in [0.29, 0.717) is 22.1 Å². The molecule has 10 heteroatoms. The van der Waals surface area contributed by atoms with E-state index < -0.39 is 23.4 Å². The number of carbonyl (C=O) groups is 2. The van der Waals surface area contributed by atoms with Gasteiger partial charge in [-0.2, -0.15) is 0 Å². The first-order valence-electron chi connectivity index (χ1n) is 8.73. The van der Waals surface area contributed by atoms with Gasteiger partial charge in [0, 0.05) is 17.1 Å². The molecule has 1 amide bonds. The third-order valence-electron chi connectivity index (χ3n) is 4.14. The van der Waals surface area contributed by atoms with Crippen LogP contribution in [0.2, 0.25) is 5.02 Å². The van der Waals surface area contributed by atoms with Crippen molar-refractivity contribution in [3.8, 4) is 5.75 Å². The lowest BCUT2D eigenvalue weighted by molar-refractivity contribution is -0.384. The van der Waals surface area contributed by atoms with Gasteiger partial charge in [0.1, 0.15) is 11.4 Å². The standard InChI is InChI=1S/C19H18ClN3O6/c1-28-17-7-3-12(20)9-15(17)22-18(24)10-29-19(25)11-2-6-14(21-13-4-5-13)16(8-11)23(26)27/h2-3,6-9,13,21H,4-5,10H2,1H3,(H,22,24). The monoisotopic (exact) mass is 419 g/mol. The number of hydrogen-bond acceptors (Lipinski definition) is 7. The number of ether oxygens (including phenoxy) is 2. The number of methoxy groups -OCH3 is 1. The Morgan fingerprint density at radius 1 is 1.21 bits per heavy atom. The van der Waals surface area contributed by atoms with Gasteiger partial charge in [-0.3, -0.25) is 14.9 Å². The van der Waals surface area contributed by atoms with Crippen LogP contribution in [0.3, 0.4) is 0 Å². The third kappa shape index (κ3) is 5.35. The zero-order valence-corrected chi connectivity index (χ0v) is 16.2.